The Hall–Kier alpha value is -1.99. The van der Waals surface area contributed by atoms with Crippen LogP contribution in [0.3, 0.4) is 0 Å². The molecular formula is C17H23N5OS. The number of anilines is 1. The van der Waals surface area contributed by atoms with Crippen LogP contribution in [-0.2, 0) is 11.2 Å². The molecule has 3 heterocycles. The van der Waals surface area contributed by atoms with Crippen LogP contribution in [0.4, 0.5) is 5.82 Å². The quantitative estimate of drug-likeness (QED) is 0.758. The first-order valence-corrected chi connectivity index (χ1v) is 9.25. The van der Waals surface area contributed by atoms with Crippen molar-refractivity contribution >= 4 is 23.1 Å². The maximum Gasteiger partial charge on any atom is 0.233 e. The molecule has 2 aromatic rings. The zero-order valence-corrected chi connectivity index (χ0v) is 14.5. The van der Waals surface area contributed by atoms with Gasteiger partial charge in [0.2, 0.25) is 5.91 Å². The van der Waals surface area contributed by atoms with Gasteiger partial charge in [-0.2, -0.15) is 5.10 Å². The molecule has 128 valence electrons. The lowest BCUT2D eigenvalue weighted by atomic mass is 10.2. The molecular weight excluding hydrogens is 322 g/mol. The second-order valence-corrected chi connectivity index (χ2v) is 6.91. The van der Waals surface area contributed by atoms with Crippen LogP contribution in [0.1, 0.15) is 17.7 Å². The molecule has 0 radical (unpaired) electrons. The van der Waals surface area contributed by atoms with Crippen LogP contribution in [-0.4, -0.2) is 48.3 Å². The third-order valence-electron chi connectivity index (χ3n) is 4.17. The number of rotatable bonds is 8. The molecule has 0 aliphatic carbocycles. The number of nitrogens with one attached hydrogen (secondary N) is 2. The van der Waals surface area contributed by atoms with Crippen LogP contribution in [0.5, 0.6) is 0 Å². The zero-order chi connectivity index (χ0) is 16.6. The highest BCUT2D eigenvalue weighted by Gasteiger charge is 2.25. The van der Waals surface area contributed by atoms with Crippen LogP contribution in [0.25, 0.3) is 0 Å². The number of amides is 1. The SMILES string of the molecule is O=C(CNCC1CCCN1c1cccnn1)NCCc1cccs1. The van der Waals surface area contributed by atoms with Gasteiger partial charge < -0.3 is 15.5 Å². The highest BCUT2D eigenvalue weighted by atomic mass is 32.1. The van der Waals surface area contributed by atoms with E-state index in [0.717, 1.165) is 38.2 Å². The first-order valence-electron chi connectivity index (χ1n) is 8.37. The summed E-state index contributed by atoms with van der Waals surface area (Å²) in [4.78, 5) is 15.5. The van der Waals surface area contributed by atoms with Gasteiger partial charge in [-0.3, -0.25) is 4.79 Å². The largest absolute Gasteiger partial charge is 0.355 e. The third-order valence-corrected chi connectivity index (χ3v) is 5.10. The number of thiophene rings is 1. The molecule has 0 spiro atoms. The van der Waals surface area contributed by atoms with Crippen molar-refractivity contribution in [3.63, 3.8) is 0 Å². The van der Waals surface area contributed by atoms with Gasteiger partial charge in [-0.05, 0) is 42.8 Å². The van der Waals surface area contributed by atoms with Crippen LogP contribution < -0.4 is 15.5 Å². The molecule has 1 atom stereocenters. The van der Waals surface area contributed by atoms with E-state index >= 15 is 0 Å². The number of nitrogens with zero attached hydrogens (tertiary/aromatic N) is 3. The third kappa shape index (κ3) is 4.75. The summed E-state index contributed by atoms with van der Waals surface area (Å²) < 4.78 is 0. The van der Waals surface area contributed by atoms with Crippen LogP contribution >= 0.6 is 11.3 Å². The van der Waals surface area contributed by atoms with E-state index < -0.39 is 0 Å². The Morgan fingerprint density at radius 2 is 2.33 bits per heavy atom. The Bertz CT molecular complexity index is 619. The van der Waals surface area contributed by atoms with E-state index in [0.29, 0.717) is 19.1 Å². The fourth-order valence-corrected chi connectivity index (χ4v) is 3.70. The van der Waals surface area contributed by atoms with E-state index in [1.807, 2.05) is 18.2 Å². The van der Waals surface area contributed by atoms with E-state index in [4.69, 9.17) is 0 Å². The van der Waals surface area contributed by atoms with Crippen molar-refractivity contribution in [3.8, 4) is 0 Å². The minimum Gasteiger partial charge on any atom is -0.355 e. The van der Waals surface area contributed by atoms with E-state index in [-0.39, 0.29) is 5.91 Å². The van der Waals surface area contributed by atoms with Crippen molar-refractivity contribution in [1.29, 1.82) is 0 Å². The maximum absolute atomic E-state index is 11.9. The van der Waals surface area contributed by atoms with Crippen molar-refractivity contribution in [2.24, 2.45) is 0 Å². The minimum atomic E-state index is 0.0515. The van der Waals surface area contributed by atoms with Gasteiger partial charge in [0.05, 0.1) is 6.54 Å². The first kappa shape index (κ1) is 16.9. The Morgan fingerprint density at radius 3 is 3.12 bits per heavy atom. The molecule has 0 bridgehead atoms. The molecule has 2 aromatic heterocycles. The molecule has 1 aliphatic heterocycles. The lowest BCUT2D eigenvalue weighted by molar-refractivity contribution is -0.120. The van der Waals surface area contributed by atoms with E-state index in [1.54, 1.807) is 17.5 Å². The molecule has 1 saturated heterocycles. The molecule has 7 heteroatoms. The van der Waals surface area contributed by atoms with Crippen molar-refractivity contribution < 1.29 is 4.79 Å². The average molecular weight is 345 g/mol. The summed E-state index contributed by atoms with van der Waals surface area (Å²) in [7, 11) is 0. The lowest BCUT2D eigenvalue weighted by Gasteiger charge is -2.25. The van der Waals surface area contributed by atoms with Gasteiger partial charge in [-0.25, -0.2) is 0 Å². The van der Waals surface area contributed by atoms with Gasteiger partial charge in [0.15, 0.2) is 5.82 Å². The van der Waals surface area contributed by atoms with Gasteiger partial charge >= 0.3 is 0 Å². The molecule has 1 fully saturated rings. The molecule has 1 unspecified atom stereocenters. The molecule has 2 N–H and O–H groups in total. The second kappa shape index (κ2) is 8.75. The summed E-state index contributed by atoms with van der Waals surface area (Å²) in [5.41, 5.74) is 0. The Balaban J connectivity index is 1.35. The summed E-state index contributed by atoms with van der Waals surface area (Å²) in [6.07, 6.45) is 4.85. The Morgan fingerprint density at radius 1 is 1.38 bits per heavy atom. The molecule has 6 nitrogen and oxygen atoms in total. The second-order valence-electron chi connectivity index (χ2n) is 5.88. The lowest BCUT2D eigenvalue weighted by Crippen LogP contribution is -2.42. The summed E-state index contributed by atoms with van der Waals surface area (Å²) in [5.74, 6) is 0.970. The molecule has 0 saturated carbocycles. The Kier molecular flexibility index (Phi) is 6.14. The molecule has 0 aromatic carbocycles. The average Bonchev–Trinajstić information content (AvgIpc) is 3.27. The van der Waals surface area contributed by atoms with Crippen molar-refractivity contribution in [2.75, 3.05) is 31.1 Å². The highest BCUT2D eigenvalue weighted by molar-refractivity contribution is 7.09. The molecule has 3 rings (SSSR count). The normalized spacial score (nSPS) is 17.2. The van der Waals surface area contributed by atoms with E-state index in [2.05, 4.69) is 37.2 Å². The van der Waals surface area contributed by atoms with Gasteiger partial charge in [-0.1, -0.05) is 6.07 Å². The number of hydrogen-bond acceptors (Lipinski definition) is 6. The van der Waals surface area contributed by atoms with Gasteiger partial charge in [-0.15, -0.1) is 16.4 Å². The fourth-order valence-electron chi connectivity index (χ4n) is 2.99. The molecule has 1 amide bonds. The van der Waals surface area contributed by atoms with Crippen molar-refractivity contribution in [1.82, 2.24) is 20.8 Å². The number of aromatic nitrogens is 2. The smallest absolute Gasteiger partial charge is 0.233 e. The number of hydrogen-bond donors (Lipinski definition) is 2. The minimum absolute atomic E-state index is 0.0515. The summed E-state index contributed by atoms with van der Waals surface area (Å²) in [5, 5.41) is 16.4. The first-order chi connectivity index (χ1) is 11.8. The predicted molar refractivity (Wildman–Crippen MR) is 96.3 cm³/mol. The van der Waals surface area contributed by atoms with Gasteiger partial charge in [0.1, 0.15) is 0 Å². The maximum atomic E-state index is 11.9. The predicted octanol–water partition coefficient (Wildman–Crippen LogP) is 1.46. The standard InChI is InChI=1S/C17H23N5OS/c23-17(19-9-7-15-5-3-11-24-15)13-18-12-14-4-2-10-22(14)16-6-1-8-20-21-16/h1,3,5-6,8,11,14,18H,2,4,7,9-10,12-13H2,(H,19,23). The monoisotopic (exact) mass is 345 g/mol. The van der Waals surface area contributed by atoms with Gasteiger partial charge in [0.25, 0.3) is 0 Å². The topological polar surface area (TPSA) is 70.2 Å². The van der Waals surface area contributed by atoms with Crippen LogP contribution in [0, 0.1) is 0 Å². The summed E-state index contributed by atoms with van der Waals surface area (Å²) >= 11 is 1.72. The highest BCUT2D eigenvalue weighted by Crippen LogP contribution is 2.22. The Labute approximate surface area is 146 Å². The van der Waals surface area contributed by atoms with Crippen molar-refractivity contribution in [3.05, 3.63) is 40.7 Å². The number of carbonyl (C=O) groups excluding carboxylic acids is 1. The summed E-state index contributed by atoms with van der Waals surface area (Å²) in [6, 6.07) is 8.40. The van der Waals surface area contributed by atoms with Crippen molar-refractivity contribution in [2.45, 2.75) is 25.3 Å². The van der Waals surface area contributed by atoms with E-state index in [1.165, 1.54) is 4.88 Å². The van der Waals surface area contributed by atoms with Crippen LogP contribution in [0.15, 0.2) is 35.8 Å². The molecule has 24 heavy (non-hydrogen) atoms. The fraction of sp³-hybridized carbons (Fsp3) is 0.471. The number of carbonyl (C=O) groups is 1. The molecule has 1 aliphatic rings. The van der Waals surface area contributed by atoms with Gasteiger partial charge in [0, 0.05) is 36.8 Å². The summed E-state index contributed by atoms with van der Waals surface area (Å²) in [6.45, 7) is 2.83. The van der Waals surface area contributed by atoms with E-state index in [9.17, 15) is 4.79 Å². The van der Waals surface area contributed by atoms with Crippen LogP contribution in [0.2, 0.25) is 0 Å². The zero-order valence-electron chi connectivity index (χ0n) is 13.6.